The summed E-state index contributed by atoms with van der Waals surface area (Å²) in [6.45, 7) is 2.97. The van der Waals surface area contributed by atoms with Crippen molar-refractivity contribution in [3.8, 4) is 5.75 Å². The molecule has 4 rings (SSSR count). The van der Waals surface area contributed by atoms with Gasteiger partial charge in [0.2, 0.25) is 0 Å². The molecule has 5 nitrogen and oxygen atoms in total. The van der Waals surface area contributed by atoms with E-state index in [-0.39, 0.29) is 18.1 Å². The van der Waals surface area contributed by atoms with Gasteiger partial charge in [-0.15, -0.1) is 0 Å². The third-order valence-corrected chi connectivity index (χ3v) is 5.62. The van der Waals surface area contributed by atoms with E-state index >= 15 is 0 Å². The van der Waals surface area contributed by atoms with Crippen molar-refractivity contribution >= 4 is 16.9 Å². The van der Waals surface area contributed by atoms with E-state index in [4.69, 9.17) is 4.74 Å². The molecule has 4 aromatic rings. The Hall–Kier alpha value is -3.64. The molecule has 0 saturated carbocycles. The monoisotopic (exact) mass is 432 g/mol. The van der Waals surface area contributed by atoms with E-state index in [2.05, 4.69) is 5.32 Å². The van der Waals surface area contributed by atoms with Crippen LogP contribution in [-0.4, -0.2) is 22.8 Å². The van der Waals surface area contributed by atoms with Crippen LogP contribution in [0.15, 0.2) is 66.7 Å². The van der Waals surface area contributed by atoms with Gasteiger partial charge in [0.1, 0.15) is 17.3 Å². The number of carboxylic acid groups (broad SMARTS) is 1. The molecule has 1 heterocycles. The molecular formula is C26H25FN2O3. The zero-order chi connectivity index (χ0) is 22.7. The minimum absolute atomic E-state index is 0.140. The molecule has 0 unspecified atom stereocenters. The molecule has 0 bridgehead atoms. The van der Waals surface area contributed by atoms with Crippen LogP contribution in [0.4, 0.5) is 4.39 Å². The largest absolute Gasteiger partial charge is 0.496 e. The van der Waals surface area contributed by atoms with Gasteiger partial charge in [-0.25, -0.2) is 9.18 Å². The Balaban J connectivity index is 1.74. The van der Waals surface area contributed by atoms with Crippen LogP contribution in [0.5, 0.6) is 5.75 Å². The molecule has 6 heteroatoms. The number of aromatic carboxylic acids is 1. The van der Waals surface area contributed by atoms with Crippen LogP contribution in [0.25, 0.3) is 10.9 Å². The number of para-hydroxylation sites is 1. The predicted octanol–water partition coefficient (Wildman–Crippen LogP) is 5.13. The number of nitrogens with one attached hydrogen (secondary N) is 1. The summed E-state index contributed by atoms with van der Waals surface area (Å²) in [7, 11) is 1.63. The highest BCUT2D eigenvalue weighted by atomic mass is 19.1. The van der Waals surface area contributed by atoms with Crippen molar-refractivity contribution in [3.05, 3.63) is 100 Å². The second-order valence-corrected chi connectivity index (χ2v) is 7.75. The number of aryl methyl sites for hydroxylation is 1. The van der Waals surface area contributed by atoms with Gasteiger partial charge in [0.05, 0.1) is 13.7 Å². The quantitative estimate of drug-likeness (QED) is 0.405. The molecule has 0 aliphatic carbocycles. The molecule has 32 heavy (non-hydrogen) atoms. The molecule has 2 N–H and O–H groups in total. The van der Waals surface area contributed by atoms with E-state index in [1.807, 2.05) is 49.4 Å². The van der Waals surface area contributed by atoms with Crippen LogP contribution < -0.4 is 10.1 Å². The summed E-state index contributed by atoms with van der Waals surface area (Å²) in [5.74, 6) is -0.616. The minimum atomic E-state index is -1.04. The Morgan fingerprint density at radius 2 is 1.75 bits per heavy atom. The number of rotatable bonds is 8. The van der Waals surface area contributed by atoms with Crippen LogP contribution in [0.2, 0.25) is 0 Å². The normalized spacial score (nSPS) is 11.1. The number of benzene rings is 3. The number of carboxylic acids is 1. The average molecular weight is 432 g/mol. The van der Waals surface area contributed by atoms with E-state index < -0.39 is 5.97 Å². The molecule has 0 fully saturated rings. The Morgan fingerprint density at radius 3 is 2.47 bits per heavy atom. The van der Waals surface area contributed by atoms with Crippen molar-refractivity contribution in [2.45, 2.75) is 26.6 Å². The number of aromatic nitrogens is 1. The first kappa shape index (κ1) is 21.6. The maximum absolute atomic E-state index is 14.4. The van der Waals surface area contributed by atoms with Crippen molar-refractivity contribution in [1.29, 1.82) is 0 Å². The standard InChI is InChI=1S/C26H25FN2O3/c1-17-11-12-20-21(15-28-14-18-7-4-6-10-24(18)32-2)25(26(30)31)29(23(20)13-17)16-19-8-3-5-9-22(19)27/h3-13,28H,14-16H2,1-2H3,(H,30,31). The van der Waals surface area contributed by atoms with Gasteiger partial charge in [0.25, 0.3) is 0 Å². The van der Waals surface area contributed by atoms with Crippen molar-refractivity contribution in [2.75, 3.05) is 7.11 Å². The Labute approximate surface area is 186 Å². The van der Waals surface area contributed by atoms with Gasteiger partial charge in [-0.05, 0) is 30.7 Å². The van der Waals surface area contributed by atoms with Gasteiger partial charge >= 0.3 is 5.97 Å². The zero-order valence-corrected chi connectivity index (χ0v) is 18.1. The molecule has 0 amide bonds. The van der Waals surface area contributed by atoms with E-state index in [0.717, 1.165) is 27.8 Å². The maximum atomic E-state index is 14.4. The fraction of sp³-hybridized carbons (Fsp3) is 0.192. The lowest BCUT2D eigenvalue weighted by Crippen LogP contribution is -2.17. The van der Waals surface area contributed by atoms with Gasteiger partial charge in [-0.2, -0.15) is 0 Å². The van der Waals surface area contributed by atoms with E-state index in [1.54, 1.807) is 29.9 Å². The molecule has 3 aromatic carbocycles. The lowest BCUT2D eigenvalue weighted by molar-refractivity contribution is 0.0684. The highest BCUT2D eigenvalue weighted by Crippen LogP contribution is 2.29. The number of carbonyl (C=O) groups is 1. The third-order valence-electron chi connectivity index (χ3n) is 5.62. The van der Waals surface area contributed by atoms with Crippen molar-refractivity contribution in [1.82, 2.24) is 9.88 Å². The first-order chi connectivity index (χ1) is 15.5. The summed E-state index contributed by atoms with van der Waals surface area (Å²) in [4.78, 5) is 12.3. The van der Waals surface area contributed by atoms with Gasteiger partial charge in [-0.3, -0.25) is 0 Å². The second kappa shape index (κ2) is 9.24. The topological polar surface area (TPSA) is 63.5 Å². The summed E-state index contributed by atoms with van der Waals surface area (Å²) >= 11 is 0. The SMILES string of the molecule is COc1ccccc1CNCc1c(C(=O)O)n(Cc2ccccc2F)c2cc(C)ccc12. The molecule has 1 aromatic heterocycles. The van der Waals surface area contributed by atoms with Crippen molar-refractivity contribution in [3.63, 3.8) is 0 Å². The minimum Gasteiger partial charge on any atom is -0.496 e. The summed E-state index contributed by atoms with van der Waals surface area (Å²) in [5, 5.41) is 14.3. The Morgan fingerprint density at radius 1 is 1.03 bits per heavy atom. The number of nitrogens with zero attached hydrogens (tertiary/aromatic N) is 1. The van der Waals surface area contributed by atoms with Crippen molar-refractivity contribution < 1.29 is 19.0 Å². The van der Waals surface area contributed by atoms with Gasteiger partial charge in [0, 0.05) is 40.7 Å². The number of fused-ring (bicyclic) bond motifs is 1. The van der Waals surface area contributed by atoms with E-state index in [1.165, 1.54) is 6.07 Å². The molecule has 0 saturated heterocycles. The number of methoxy groups -OCH3 is 1. The fourth-order valence-corrected chi connectivity index (χ4v) is 4.09. The lowest BCUT2D eigenvalue weighted by Gasteiger charge is -2.11. The average Bonchev–Trinajstić information content (AvgIpc) is 3.08. The van der Waals surface area contributed by atoms with E-state index in [9.17, 15) is 14.3 Å². The fourth-order valence-electron chi connectivity index (χ4n) is 4.09. The molecular weight excluding hydrogens is 407 g/mol. The molecule has 0 spiro atoms. The highest BCUT2D eigenvalue weighted by molar-refractivity contribution is 5.98. The number of ether oxygens (including phenoxy) is 1. The molecule has 0 aliphatic rings. The van der Waals surface area contributed by atoms with Crippen LogP contribution >= 0.6 is 0 Å². The summed E-state index contributed by atoms with van der Waals surface area (Å²) in [5.41, 5.74) is 4.06. The predicted molar refractivity (Wildman–Crippen MR) is 123 cm³/mol. The summed E-state index contributed by atoms with van der Waals surface area (Å²) < 4.78 is 21.5. The molecule has 164 valence electrons. The zero-order valence-electron chi connectivity index (χ0n) is 18.1. The maximum Gasteiger partial charge on any atom is 0.352 e. The van der Waals surface area contributed by atoms with E-state index in [0.29, 0.717) is 24.2 Å². The summed E-state index contributed by atoms with van der Waals surface area (Å²) in [6.07, 6.45) is 0. The number of hydrogen-bond donors (Lipinski definition) is 2. The number of halogens is 1. The molecule has 0 aliphatic heterocycles. The van der Waals surface area contributed by atoms with Crippen LogP contribution in [0, 0.1) is 12.7 Å². The smallest absolute Gasteiger partial charge is 0.352 e. The van der Waals surface area contributed by atoms with Crippen LogP contribution in [0.1, 0.15) is 32.7 Å². The molecule has 0 atom stereocenters. The summed E-state index contributed by atoms with van der Waals surface area (Å²) in [6, 6.07) is 20.0. The van der Waals surface area contributed by atoms with Gasteiger partial charge < -0.3 is 19.7 Å². The highest BCUT2D eigenvalue weighted by Gasteiger charge is 2.23. The van der Waals surface area contributed by atoms with Gasteiger partial charge in [0.15, 0.2) is 0 Å². The second-order valence-electron chi connectivity index (χ2n) is 7.75. The number of hydrogen-bond acceptors (Lipinski definition) is 3. The third kappa shape index (κ3) is 4.22. The van der Waals surface area contributed by atoms with Gasteiger partial charge in [-0.1, -0.05) is 48.5 Å². The Kier molecular flexibility index (Phi) is 6.23. The lowest BCUT2D eigenvalue weighted by atomic mass is 10.1. The van der Waals surface area contributed by atoms with Crippen molar-refractivity contribution in [2.24, 2.45) is 0 Å². The first-order valence-corrected chi connectivity index (χ1v) is 10.4. The van der Waals surface area contributed by atoms with Crippen LogP contribution in [-0.2, 0) is 19.6 Å². The first-order valence-electron chi connectivity index (χ1n) is 10.4. The Bertz CT molecular complexity index is 1280. The van der Waals surface area contributed by atoms with Crippen LogP contribution in [0.3, 0.4) is 0 Å². The molecule has 0 radical (unpaired) electrons.